The summed E-state index contributed by atoms with van der Waals surface area (Å²) in [7, 11) is 3.34. The summed E-state index contributed by atoms with van der Waals surface area (Å²) in [6.45, 7) is 0.580. The monoisotopic (exact) mass is 746 g/mol. The lowest BCUT2D eigenvalue weighted by Gasteiger charge is -2.25. The van der Waals surface area contributed by atoms with Crippen molar-refractivity contribution >= 4 is 17.7 Å². The van der Waals surface area contributed by atoms with E-state index in [1.165, 1.54) is 6.07 Å². The zero-order chi connectivity index (χ0) is 38.3. The fraction of sp³-hybridized carbons (Fsp3) is 0.364. The number of nitrogens with zero attached hydrogens (tertiary/aromatic N) is 6. The molecule has 0 saturated heterocycles. The number of hydrogen-bond donors (Lipinski definition) is 0. The van der Waals surface area contributed by atoms with Crippen LogP contribution in [0.1, 0.15) is 47.6 Å². The highest BCUT2D eigenvalue weighted by Crippen LogP contribution is 2.38. The van der Waals surface area contributed by atoms with Gasteiger partial charge in [0.15, 0.2) is 5.75 Å². The molecule has 0 aliphatic rings. The molecule has 0 unspecified atom stereocenters. The fourth-order valence-electron chi connectivity index (χ4n) is 4.64. The van der Waals surface area contributed by atoms with E-state index in [9.17, 15) is 44.3 Å². The fourth-order valence-corrected chi connectivity index (χ4v) is 4.64. The van der Waals surface area contributed by atoms with E-state index in [2.05, 4.69) is 19.9 Å². The van der Waals surface area contributed by atoms with Gasteiger partial charge in [-0.15, -0.1) is 0 Å². The molecule has 4 rings (SSSR count). The number of alkyl halides is 9. The maximum Gasteiger partial charge on any atom is 0.416 e. The minimum Gasteiger partial charge on any atom is -0.490 e. The van der Waals surface area contributed by atoms with Crippen LogP contribution in [0.25, 0.3) is 0 Å². The van der Waals surface area contributed by atoms with Crippen molar-refractivity contribution in [3.63, 3.8) is 0 Å². The Bertz CT molecular complexity index is 1790. The molecule has 0 atom stereocenters. The molecule has 2 aromatic heterocycles. The van der Waals surface area contributed by atoms with Gasteiger partial charge in [-0.25, -0.2) is 19.9 Å². The van der Waals surface area contributed by atoms with Crippen molar-refractivity contribution in [2.24, 2.45) is 0 Å². The van der Waals surface area contributed by atoms with Gasteiger partial charge in [0.25, 0.3) is 0 Å². The molecule has 2 heterocycles. The smallest absolute Gasteiger partial charge is 0.416 e. The molecule has 19 heteroatoms. The second-order valence-electron chi connectivity index (χ2n) is 11.3. The Morgan fingerprint density at radius 2 is 1.40 bits per heavy atom. The molecule has 0 saturated carbocycles. The summed E-state index contributed by atoms with van der Waals surface area (Å²) < 4.78 is 140. The first kappa shape index (κ1) is 39.4. The molecule has 0 bridgehead atoms. The van der Waals surface area contributed by atoms with Gasteiger partial charge >= 0.3 is 24.5 Å². The number of halogens is 9. The Labute approximate surface area is 291 Å². The van der Waals surface area contributed by atoms with Crippen LogP contribution in [0, 0.1) is 0 Å². The quantitative estimate of drug-likeness (QED) is 0.0715. The van der Waals surface area contributed by atoms with Crippen LogP contribution in [0.2, 0.25) is 0 Å². The number of ether oxygens (including phenoxy) is 3. The summed E-state index contributed by atoms with van der Waals surface area (Å²) in [5.74, 6) is -0.476. The topological polar surface area (TPSA) is 103 Å². The number of hydrogen-bond acceptors (Lipinski definition) is 10. The van der Waals surface area contributed by atoms with Gasteiger partial charge in [-0.3, -0.25) is 4.79 Å². The van der Waals surface area contributed by atoms with Crippen molar-refractivity contribution in [2.45, 2.75) is 51.4 Å². The van der Waals surface area contributed by atoms with Crippen molar-refractivity contribution in [3.8, 4) is 17.4 Å². The minimum atomic E-state index is -5.16. The second kappa shape index (κ2) is 16.3. The van der Waals surface area contributed by atoms with Crippen LogP contribution < -0.4 is 19.3 Å². The molecule has 0 fully saturated rings. The highest BCUT2D eigenvalue weighted by Gasteiger charge is 2.37. The van der Waals surface area contributed by atoms with E-state index >= 15 is 0 Å². The lowest BCUT2D eigenvalue weighted by Crippen LogP contribution is -2.25. The molecule has 4 aromatic rings. The molecule has 10 nitrogen and oxygen atoms in total. The lowest BCUT2D eigenvalue weighted by molar-refractivity contribution is -0.144. The number of esters is 1. The van der Waals surface area contributed by atoms with Crippen molar-refractivity contribution in [1.29, 1.82) is 0 Å². The first-order valence-corrected chi connectivity index (χ1v) is 15.3. The van der Waals surface area contributed by atoms with E-state index in [4.69, 9.17) is 14.2 Å². The first-order chi connectivity index (χ1) is 24.3. The molecular formula is C33H31F9N6O4. The summed E-state index contributed by atoms with van der Waals surface area (Å²) in [6.07, 6.45) is -11.4. The lowest BCUT2D eigenvalue weighted by atomic mass is 10.0. The molecule has 0 aliphatic carbocycles. The summed E-state index contributed by atoms with van der Waals surface area (Å²) in [6, 6.07) is 4.83. The third kappa shape index (κ3) is 11.1. The Kier molecular flexibility index (Phi) is 12.4. The van der Waals surface area contributed by atoms with Crippen LogP contribution in [0.15, 0.2) is 61.2 Å². The van der Waals surface area contributed by atoms with E-state index in [0.29, 0.717) is 18.0 Å². The normalized spacial score (nSPS) is 12.0. The van der Waals surface area contributed by atoms with Crippen molar-refractivity contribution in [1.82, 2.24) is 19.9 Å². The minimum absolute atomic E-state index is 0.0408. The van der Waals surface area contributed by atoms with Crippen LogP contribution in [0.5, 0.6) is 17.4 Å². The van der Waals surface area contributed by atoms with E-state index in [-0.39, 0.29) is 61.0 Å². The number of carbonyl (C=O) groups excluding carboxylic acids is 1. The van der Waals surface area contributed by atoms with Crippen LogP contribution in [0.3, 0.4) is 0 Å². The van der Waals surface area contributed by atoms with Crippen LogP contribution in [0.4, 0.5) is 51.3 Å². The molecule has 52 heavy (non-hydrogen) atoms. The average molecular weight is 747 g/mol. The predicted octanol–water partition coefficient (Wildman–Crippen LogP) is 8.11. The Morgan fingerprint density at radius 1 is 0.769 bits per heavy atom. The van der Waals surface area contributed by atoms with Gasteiger partial charge < -0.3 is 24.0 Å². The number of aromatic nitrogens is 4. The van der Waals surface area contributed by atoms with Crippen molar-refractivity contribution in [3.05, 3.63) is 89.0 Å². The van der Waals surface area contributed by atoms with E-state index in [1.54, 1.807) is 25.9 Å². The summed E-state index contributed by atoms with van der Waals surface area (Å²) in [5.41, 5.74) is -4.98. The zero-order valence-electron chi connectivity index (χ0n) is 27.7. The average Bonchev–Trinajstić information content (AvgIpc) is 3.06. The number of rotatable bonds is 14. The molecule has 0 N–H and O–H groups in total. The third-order valence-electron chi connectivity index (χ3n) is 7.07. The zero-order valence-corrected chi connectivity index (χ0v) is 27.7. The van der Waals surface area contributed by atoms with Crippen molar-refractivity contribution < 1.29 is 58.5 Å². The molecule has 280 valence electrons. The van der Waals surface area contributed by atoms with Crippen molar-refractivity contribution in [2.75, 3.05) is 37.1 Å². The van der Waals surface area contributed by atoms with Crippen LogP contribution in [-0.2, 0) is 41.1 Å². The Balaban J connectivity index is 1.75. The highest BCUT2D eigenvalue weighted by molar-refractivity contribution is 5.69. The van der Waals surface area contributed by atoms with Gasteiger partial charge in [-0.1, -0.05) is 0 Å². The number of benzene rings is 2. The largest absolute Gasteiger partial charge is 0.490 e. The van der Waals surface area contributed by atoms with E-state index in [0.717, 1.165) is 41.8 Å². The maximum absolute atomic E-state index is 13.9. The third-order valence-corrected chi connectivity index (χ3v) is 7.07. The summed E-state index contributed by atoms with van der Waals surface area (Å²) in [5, 5.41) is 0. The molecule has 2 aromatic carbocycles. The number of anilines is 2. The van der Waals surface area contributed by atoms with Gasteiger partial charge in [0.05, 0.1) is 42.3 Å². The number of carbonyl (C=O) groups is 1. The van der Waals surface area contributed by atoms with Crippen LogP contribution >= 0.6 is 0 Å². The van der Waals surface area contributed by atoms with Gasteiger partial charge in [-0.05, 0) is 55.3 Å². The molecule has 0 aliphatic heterocycles. The van der Waals surface area contributed by atoms with E-state index < -0.39 is 59.8 Å². The van der Waals surface area contributed by atoms with E-state index in [1.807, 2.05) is 0 Å². The Hall–Kier alpha value is -5.36. The predicted molar refractivity (Wildman–Crippen MR) is 168 cm³/mol. The standard InChI is InChI=1S/C33H31F9N6O4/c1-4-50-29(49)6-5-9-51-25-15-43-30(44-16-25)48(17-20-10-23(32(37,38)39)13-24(11-20)33(40,41)42)18-21-12-22(31(34,35)36)7-8-26(21)52-28-14-27(47(2)3)45-19-46-28/h7-8,10-16,19H,4-6,9,17-18H2,1-3H3. The maximum atomic E-state index is 13.9. The second-order valence-corrected chi connectivity index (χ2v) is 11.3. The highest BCUT2D eigenvalue weighted by atomic mass is 19.4. The first-order valence-electron chi connectivity index (χ1n) is 15.3. The molecule has 0 spiro atoms. The molecule has 0 radical (unpaired) electrons. The Morgan fingerprint density at radius 3 is 1.98 bits per heavy atom. The van der Waals surface area contributed by atoms with Gasteiger partial charge in [0.1, 0.15) is 17.9 Å². The van der Waals surface area contributed by atoms with Gasteiger partial charge in [0.2, 0.25) is 11.8 Å². The molecule has 0 amide bonds. The van der Waals surface area contributed by atoms with Gasteiger partial charge in [0, 0.05) is 45.2 Å². The summed E-state index contributed by atoms with van der Waals surface area (Å²) >= 11 is 0. The summed E-state index contributed by atoms with van der Waals surface area (Å²) in [4.78, 5) is 30.6. The van der Waals surface area contributed by atoms with Crippen LogP contribution in [-0.4, -0.2) is 53.2 Å². The SMILES string of the molecule is CCOC(=O)CCCOc1cnc(N(Cc2cc(C(F)(F)F)cc(C(F)(F)F)c2)Cc2cc(C(F)(F)F)ccc2Oc2cc(N(C)C)ncn2)nc1. The molecular weight excluding hydrogens is 715 g/mol. The van der Waals surface area contributed by atoms with Gasteiger partial charge in [-0.2, -0.15) is 39.5 Å².